The average Bonchev–Trinajstić information content (AvgIpc) is 3.10. The van der Waals surface area contributed by atoms with Crippen molar-refractivity contribution in [2.24, 2.45) is 0 Å². The minimum atomic E-state index is -1.16. The Morgan fingerprint density at radius 2 is 1.62 bits per heavy atom. The van der Waals surface area contributed by atoms with E-state index in [1.807, 2.05) is 56.3 Å². The van der Waals surface area contributed by atoms with Crippen LogP contribution in [0.1, 0.15) is 50.2 Å². The number of Topliss-reactive ketones (excluding diaryl/α,β-unsaturated/α-hetero) is 1. The predicted molar refractivity (Wildman–Crippen MR) is 123 cm³/mol. The SMILES string of the molecule is C/C=C(\C)CC(=O)CC[C@@H](C(=O)O)N(C)C(=O)OCC1c2ccccc2-c2ccccc21. The molecule has 0 aliphatic heterocycles. The highest BCUT2D eigenvalue weighted by atomic mass is 16.6. The maximum Gasteiger partial charge on any atom is 0.410 e. The number of carbonyl (C=O) groups excluding carboxylic acids is 2. The zero-order valence-corrected chi connectivity index (χ0v) is 18.7. The van der Waals surface area contributed by atoms with Gasteiger partial charge in [-0.25, -0.2) is 9.59 Å². The fraction of sp³-hybridized carbons (Fsp3) is 0.346. The first-order chi connectivity index (χ1) is 15.3. The number of nitrogens with zero attached hydrogens (tertiary/aromatic N) is 1. The molecule has 0 heterocycles. The maximum absolute atomic E-state index is 12.7. The molecule has 0 unspecified atom stereocenters. The van der Waals surface area contributed by atoms with Gasteiger partial charge in [0.1, 0.15) is 18.4 Å². The summed E-state index contributed by atoms with van der Waals surface area (Å²) >= 11 is 0. The van der Waals surface area contributed by atoms with Crippen molar-refractivity contribution in [3.8, 4) is 11.1 Å². The quantitative estimate of drug-likeness (QED) is 0.559. The fourth-order valence-corrected chi connectivity index (χ4v) is 4.11. The fourth-order valence-electron chi connectivity index (χ4n) is 4.11. The second-order valence-electron chi connectivity index (χ2n) is 8.16. The summed E-state index contributed by atoms with van der Waals surface area (Å²) in [4.78, 5) is 37.6. The summed E-state index contributed by atoms with van der Waals surface area (Å²) in [5, 5.41) is 9.60. The molecule has 2 aromatic rings. The number of carboxylic acid groups (broad SMARTS) is 1. The molecule has 0 fully saturated rings. The molecule has 0 spiro atoms. The Kier molecular flexibility index (Phi) is 7.46. The zero-order chi connectivity index (χ0) is 23.3. The van der Waals surface area contributed by atoms with E-state index in [9.17, 15) is 19.5 Å². The number of ether oxygens (including phenoxy) is 1. The smallest absolute Gasteiger partial charge is 0.410 e. The molecule has 6 heteroatoms. The molecular weight excluding hydrogens is 406 g/mol. The van der Waals surface area contributed by atoms with Gasteiger partial charge < -0.3 is 9.84 Å². The number of carboxylic acids is 1. The zero-order valence-electron chi connectivity index (χ0n) is 18.7. The van der Waals surface area contributed by atoms with Crippen LogP contribution in [0.3, 0.4) is 0 Å². The molecule has 1 atom stereocenters. The first kappa shape index (κ1) is 23.3. The number of fused-ring (bicyclic) bond motifs is 3. The lowest BCUT2D eigenvalue weighted by Gasteiger charge is -2.25. The number of ketones is 1. The Morgan fingerprint density at radius 3 is 2.16 bits per heavy atom. The molecule has 0 aromatic heterocycles. The summed E-state index contributed by atoms with van der Waals surface area (Å²) in [5.74, 6) is -1.31. The molecule has 0 saturated heterocycles. The number of allylic oxidation sites excluding steroid dienone is 2. The summed E-state index contributed by atoms with van der Waals surface area (Å²) in [6.45, 7) is 3.83. The van der Waals surface area contributed by atoms with Crippen LogP contribution in [-0.4, -0.2) is 47.5 Å². The molecule has 6 nitrogen and oxygen atoms in total. The molecule has 0 radical (unpaired) electrons. The van der Waals surface area contributed by atoms with Crippen molar-refractivity contribution in [1.82, 2.24) is 4.90 Å². The maximum atomic E-state index is 12.7. The van der Waals surface area contributed by atoms with Gasteiger partial charge in [0.2, 0.25) is 0 Å². The third kappa shape index (κ3) is 5.07. The van der Waals surface area contributed by atoms with E-state index in [0.717, 1.165) is 32.7 Å². The van der Waals surface area contributed by atoms with Crippen molar-refractivity contribution >= 4 is 17.8 Å². The van der Waals surface area contributed by atoms with Gasteiger partial charge in [0, 0.05) is 25.8 Å². The minimum absolute atomic E-state index is 0.0475. The summed E-state index contributed by atoms with van der Waals surface area (Å²) in [7, 11) is 1.40. The Morgan fingerprint density at radius 1 is 1.06 bits per heavy atom. The van der Waals surface area contributed by atoms with Crippen LogP contribution >= 0.6 is 0 Å². The number of hydrogen-bond donors (Lipinski definition) is 1. The van der Waals surface area contributed by atoms with Crippen LogP contribution in [0, 0.1) is 0 Å². The third-order valence-corrected chi connectivity index (χ3v) is 6.04. The Hall–Kier alpha value is -3.41. The molecule has 0 bridgehead atoms. The van der Waals surface area contributed by atoms with Crippen molar-refractivity contribution in [3.63, 3.8) is 0 Å². The summed E-state index contributed by atoms with van der Waals surface area (Å²) < 4.78 is 5.55. The van der Waals surface area contributed by atoms with Gasteiger partial charge in [-0.1, -0.05) is 60.2 Å². The van der Waals surface area contributed by atoms with Gasteiger partial charge in [0.15, 0.2) is 0 Å². The first-order valence-electron chi connectivity index (χ1n) is 10.8. The van der Waals surface area contributed by atoms with Gasteiger partial charge in [0.25, 0.3) is 0 Å². The number of likely N-dealkylation sites (N-methyl/N-ethyl adjacent to an activating group) is 1. The summed E-state index contributed by atoms with van der Waals surface area (Å²) in [6, 6.07) is 14.9. The monoisotopic (exact) mass is 435 g/mol. The number of amides is 1. The van der Waals surface area contributed by atoms with Crippen molar-refractivity contribution < 1.29 is 24.2 Å². The van der Waals surface area contributed by atoms with Crippen molar-refractivity contribution in [1.29, 1.82) is 0 Å². The second kappa shape index (κ2) is 10.3. The molecule has 3 rings (SSSR count). The highest BCUT2D eigenvalue weighted by molar-refractivity contribution is 5.84. The van der Waals surface area contributed by atoms with E-state index in [1.54, 1.807) is 0 Å². The Bertz CT molecular complexity index is 997. The molecule has 1 aliphatic carbocycles. The number of aliphatic carboxylic acids is 1. The molecule has 168 valence electrons. The van der Waals surface area contributed by atoms with E-state index in [-0.39, 0.29) is 37.6 Å². The van der Waals surface area contributed by atoms with E-state index in [1.165, 1.54) is 7.05 Å². The standard InChI is InChI=1S/C26H29NO5/c1-4-17(2)15-18(28)13-14-24(25(29)30)27(3)26(31)32-16-23-21-11-7-5-9-19(21)20-10-6-8-12-22(20)23/h4-12,23-24H,13-16H2,1-3H3,(H,29,30)/b17-4+/t24-/m0/s1. The highest BCUT2D eigenvalue weighted by Crippen LogP contribution is 2.44. The number of hydrogen-bond acceptors (Lipinski definition) is 4. The van der Waals surface area contributed by atoms with Gasteiger partial charge in [-0.05, 0) is 42.5 Å². The largest absolute Gasteiger partial charge is 0.480 e. The lowest BCUT2D eigenvalue weighted by atomic mass is 9.98. The van der Waals surface area contributed by atoms with Crippen LogP contribution in [0.4, 0.5) is 4.79 Å². The Balaban J connectivity index is 1.64. The van der Waals surface area contributed by atoms with Crippen LogP contribution in [0.5, 0.6) is 0 Å². The molecule has 1 amide bonds. The number of benzene rings is 2. The van der Waals surface area contributed by atoms with Crippen LogP contribution < -0.4 is 0 Å². The van der Waals surface area contributed by atoms with Gasteiger partial charge in [0.05, 0.1) is 0 Å². The number of rotatable bonds is 9. The molecule has 1 aliphatic rings. The average molecular weight is 436 g/mol. The second-order valence-corrected chi connectivity index (χ2v) is 8.16. The lowest BCUT2D eigenvalue weighted by Crippen LogP contribution is -2.43. The molecule has 0 saturated carbocycles. The third-order valence-electron chi connectivity index (χ3n) is 6.04. The molecular formula is C26H29NO5. The van der Waals surface area contributed by atoms with E-state index in [0.29, 0.717) is 0 Å². The van der Waals surface area contributed by atoms with Crippen molar-refractivity contribution in [2.45, 2.75) is 45.1 Å². The van der Waals surface area contributed by atoms with Crippen LogP contribution in [0.25, 0.3) is 11.1 Å². The molecule has 1 N–H and O–H groups in total. The van der Waals surface area contributed by atoms with Crippen LogP contribution in [0.15, 0.2) is 60.2 Å². The van der Waals surface area contributed by atoms with Crippen LogP contribution in [-0.2, 0) is 14.3 Å². The Labute approximate surface area is 188 Å². The molecule has 2 aromatic carbocycles. The minimum Gasteiger partial charge on any atom is -0.480 e. The lowest BCUT2D eigenvalue weighted by molar-refractivity contribution is -0.142. The highest BCUT2D eigenvalue weighted by Gasteiger charge is 2.32. The van der Waals surface area contributed by atoms with Gasteiger partial charge >= 0.3 is 12.1 Å². The predicted octanol–water partition coefficient (Wildman–Crippen LogP) is 5.03. The number of carbonyl (C=O) groups is 3. The van der Waals surface area contributed by atoms with E-state index < -0.39 is 18.1 Å². The van der Waals surface area contributed by atoms with E-state index >= 15 is 0 Å². The molecule has 32 heavy (non-hydrogen) atoms. The van der Waals surface area contributed by atoms with E-state index in [4.69, 9.17) is 4.74 Å². The van der Waals surface area contributed by atoms with Crippen molar-refractivity contribution in [2.75, 3.05) is 13.7 Å². The summed E-state index contributed by atoms with van der Waals surface area (Å²) in [6.07, 6.45) is 1.57. The van der Waals surface area contributed by atoms with Gasteiger partial charge in [-0.3, -0.25) is 9.69 Å². The van der Waals surface area contributed by atoms with Crippen molar-refractivity contribution in [3.05, 3.63) is 71.3 Å². The summed E-state index contributed by atoms with van der Waals surface area (Å²) in [5.41, 5.74) is 5.35. The van der Waals surface area contributed by atoms with Gasteiger partial charge in [-0.2, -0.15) is 0 Å². The van der Waals surface area contributed by atoms with E-state index in [2.05, 4.69) is 12.1 Å². The normalized spacial score (nSPS) is 13.8. The first-order valence-corrected chi connectivity index (χ1v) is 10.8. The van der Waals surface area contributed by atoms with Gasteiger partial charge in [-0.15, -0.1) is 0 Å². The van der Waals surface area contributed by atoms with Crippen LogP contribution in [0.2, 0.25) is 0 Å². The topological polar surface area (TPSA) is 83.9 Å².